The Hall–Kier alpha value is -2.11. The Balaban J connectivity index is 2.46. The van der Waals surface area contributed by atoms with Crippen molar-refractivity contribution in [3.05, 3.63) is 23.5 Å². The lowest BCUT2D eigenvalue weighted by Crippen LogP contribution is -2.25. The van der Waals surface area contributed by atoms with Crippen molar-refractivity contribution < 1.29 is 14.3 Å². The minimum atomic E-state index is -0.695. The van der Waals surface area contributed by atoms with Crippen molar-refractivity contribution in [2.75, 3.05) is 14.1 Å². The van der Waals surface area contributed by atoms with Crippen LogP contribution in [0.15, 0.2) is 12.3 Å². The predicted molar refractivity (Wildman–Crippen MR) is 64.4 cm³/mol. The van der Waals surface area contributed by atoms with Gasteiger partial charge in [-0.25, -0.2) is 4.98 Å². The molecule has 0 aromatic carbocycles. The van der Waals surface area contributed by atoms with Crippen molar-refractivity contribution in [1.82, 2.24) is 9.88 Å². The number of carbonyl (C=O) groups excluding carboxylic acids is 2. The summed E-state index contributed by atoms with van der Waals surface area (Å²) in [5, 5.41) is 0. The molecule has 2 amide bonds. The Kier molecular flexibility index (Phi) is 3.18. The van der Waals surface area contributed by atoms with Crippen LogP contribution in [0.2, 0.25) is 0 Å². The van der Waals surface area contributed by atoms with Gasteiger partial charge >= 0.3 is 0 Å². The summed E-state index contributed by atoms with van der Waals surface area (Å²) < 4.78 is 5.61. The molecule has 1 aromatic rings. The number of pyridine rings is 1. The summed E-state index contributed by atoms with van der Waals surface area (Å²) in [5.41, 5.74) is 5.57. The van der Waals surface area contributed by atoms with Gasteiger partial charge in [-0.2, -0.15) is 0 Å². The Bertz CT molecular complexity index is 495. The average Bonchev–Trinajstić information content (AvgIpc) is 3.11. The maximum Gasteiger partial charge on any atom is 0.271 e. The molecule has 0 atom stereocenters. The first kappa shape index (κ1) is 12.3. The summed E-state index contributed by atoms with van der Waals surface area (Å²) >= 11 is 0. The van der Waals surface area contributed by atoms with Gasteiger partial charge in [0.1, 0.15) is 0 Å². The van der Waals surface area contributed by atoms with E-state index in [2.05, 4.69) is 4.98 Å². The first-order chi connectivity index (χ1) is 8.50. The Labute approximate surface area is 105 Å². The van der Waals surface area contributed by atoms with E-state index in [1.165, 1.54) is 17.2 Å². The maximum atomic E-state index is 12.0. The van der Waals surface area contributed by atoms with Gasteiger partial charge in [-0.15, -0.1) is 0 Å². The number of aromatic nitrogens is 1. The normalized spacial score (nSPS) is 14.1. The summed E-state index contributed by atoms with van der Waals surface area (Å²) in [6.45, 7) is 0. The van der Waals surface area contributed by atoms with Gasteiger partial charge in [0.05, 0.1) is 11.7 Å². The summed E-state index contributed by atoms with van der Waals surface area (Å²) in [6.07, 6.45) is 3.28. The van der Waals surface area contributed by atoms with Crippen molar-refractivity contribution >= 4 is 11.8 Å². The molecule has 0 unspecified atom stereocenters. The molecular formula is C12H15N3O3. The molecule has 18 heavy (non-hydrogen) atoms. The minimum Gasteiger partial charge on any atom is -0.487 e. The molecular weight excluding hydrogens is 234 g/mol. The number of hydrogen-bond acceptors (Lipinski definition) is 4. The molecule has 0 radical (unpaired) electrons. The van der Waals surface area contributed by atoms with E-state index in [0.717, 1.165) is 12.8 Å². The first-order valence-corrected chi connectivity index (χ1v) is 5.68. The maximum absolute atomic E-state index is 12.0. The predicted octanol–water partition coefficient (Wildman–Crippen LogP) is 0.424. The van der Waals surface area contributed by atoms with Crippen LogP contribution >= 0.6 is 0 Å². The molecule has 2 N–H and O–H groups in total. The van der Waals surface area contributed by atoms with E-state index in [9.17, 15) is 9.59 Å². The molecule has 1 saturated carbocycles. The third-order valence-electron chi connectivity index (χ3n) is 2.58. The van der Waals surface area contributed by atoms with Gasteiger partial charge in [0.15, 0.2) is 11.4 Å². The standard InChI is InChI=1S/C12H15N3O3/c1-15(2)12(17)8-5-6-14-9(11(13)16)10(8)18-7-3-4-7/h5-7H,3-4H2,1-2H3,(H2,13,16). The number of nitrogens with zero attached hydrogens (tertiary/aromatic N) is 2. The monoisotopic (exact) mass is 249 g/mol. The summed E-state index contributed by atoms with van der Waals surface area (Å²) in [4.78, 5) is 28.6. The molecule has 0 bridgehead atoms. The lowest BCUT2D eigenvalue weighted by atomic mass is 10.1. The SMILES string of the molecule is CN(C)C(=O)c1ccnc(C(N)=O)c1OC1CC1. The quantitative estimate of drug-likeness (QED) is 0.838. The van der Waals surface area contributed by atoms with Crippen LogP contribution in [0.3, 0.4) is 0 Å². The molecule has 1 aliphatic rings. The number of carbonyl (C=O) groups is 2. The van der Waals surface area contributed by atoms with E-state index in [4.69, 9.17) is 10.5 Å². The molecule has 1 heterocycles. The van der Waals surface area contributed by atoms with Gasteiger partial charge in [-0.1, -0.05) is 0 Å². The van der Waals surface area contributed by atoms with Crippen molar-refractivity contribution in [2.45, 2.75) is 18.9 Å². The molecule has 6 nitrogen and oxygen atoms in total. The first-order valence-electron chi connectivity index (χ1n) is 5.68. The van der Waals surface area contributed by atoms with E-state index in [0.29, 0.717) is 5.56 Å². The molecule has 1 aliphatic carbocycles. The third-order valence-corrected chi connectivity index (χ3v) is 2.58. The average molecular weight is 249 g/mol. The highest BCUT2D eigenvalue weighted by atomic mass is 16.5. The van der Waals surface area contributed by atoms with Gasteiger partial charge in [0.25, 0.3) is 11.8 Å². The van der Waals surface area contributed by atoms with Crippen LogP contribution in [0.5, 0.6) is 5.75 Å². The van der Waals surface area contributed by atoms with Gasteiger partial charge in [0.2, 0.25) is 0 Å². The second-order valence-electron chi connectivity index (χ2n) is 4.42. The lowest BCUT2D eigenvalue weighted by Gasteiger charge is -2.15. The van der Waals surface area contributed by atoms with Crippen LogP contribution < -0.4 is 10.5 Å². The second kappa shape index (κ2) is 4.64. The van der Waals surface area contributed by atoms with Crippen LogP contribution in [0, 0.1) is 0 Å². The molecule has 0 spiro atoms. The van der Waals surface area contributed by atoms with E-state index in [1.54, 1.807) is 14.1 Å². The van der Waals surface area contributed by atoms with Gasteiger partial charge in [0, 0.05) is 20.3 Å². The fourth-order valence-corrected chi connectivity index (χ4v) is 1.50. The van der Waals surface area contributed by atoms with Crippen molar-refractivity contribution in [1.29, 1.82) is 0 Å². The van der Waals surface area contributed by atoms with Crippen LogP contribution in [0.1, 0.15) is 33.7 Å². The van der Waals surface area contributed by atoms with E-state index >= 15 is 0 Å². The largest absolute Gasteiger partial charge is 0.487 e. The van der Waals surface area contributed by atoms with Crippen LogP contribution in [0.4, 0.5) is 0 Å². The Morgan fingerprint density at radius 1 is 1.44 bits per heavy atom. The van der Waals surface area contributed by atoms with Gasteiger partial charge in [-0.05, 0) is 18.9 Å². The second-order valence-corrected chi connectivity index (χ2v) is 4.42. The fraction of sp³-hybridized carbons (Fsp3) is 0.417. The zero-order valence-electron chi connectivity index (χ0n) is 10.3. The molecule has 1 aromatic heterocycles. The number of nitrogens with two attached hydrogens (primary N) is 1. The van der Waals surface area contributed by atoms with Crippen LogP contribution in [0.25, 0.3) is 0 Å². The zero-order valence-corrected chi connectivity index (χ0v) is 10.3. The Morgan fingerprint density at radius 2 is 2.11 bits per heavy atom. The third kappa shape index (κ3) is 2.42. The highest BCUT2D eigenvalue weighted by Gasteiger charge is 2.29. The lowest BCUT2D eigenvalue weighted by molar-refractivity contribution is 0.0822. The van der Waals surface area contributed by atoms with E-state index < -0.39 is 5.91 Å². The highest BCUT2D eigenvalue weighted by molar-refractivity contribution is 6.02. The molecule has 1 fully saturated rings. The molecule has 96 valence electrons. The zero-order chi connectivity index (χ0) is 13.3. The molecule has 2 rings (SSSR count). The van der Waals surface area contributed by atoms with Crippen molar-refractivity contribution in [3.8, 4) is 5.75 Å². The van der Waals surface area contributed by atoms with Gasteiger partial charge < -0.3 is 15.4 Å². The molecule has 0 aliphatic heterocycles. The van der Waals surface area contributed by atoms with Gasteiger partial charge in [-0.3, -0.25) is 9.59 Å². The summed E-state index contributed by atoms with van der Waals surface area (Å²) in [7, 11) is 3.27. The molecule has 6 heteroatoms. The minimum absolute atomic E-state index is 0.00889. The number of hydrogen-bond donors (Lipinski definition) is 1. The fourth-order valence-electron chi connectivity index (χ4n) is 1.50. The number of rotatable bonds is 4. The van der Waals surface area contributed by atoms with Crippen LogP contribution in [-0.4, -0.2) is 41.9 Å². The van der Waals surface area contributed by atoms with Crippen molar-refractivity contribution in [3.63, 3.8) is 0 Å². The number of primary amides is 1. The van der Waals surface area contributed by atoms with E-state index in [1.807, 2.05) is 0 Å². The number of amides is 2. The van der Waals surface area contributed by atoms with E-state index in [-0.39, 0.29) is 23.5 Å². The van der Waals surface area contributed by atoms with Crippen molar-refractivity contribution in [2.24, 2.45) is 5.73 Å². The highest BCUT2D eigenvalue weighted by Crippen LogP contribution is 2.31. The van der Waals surface area contributed by atoms with Crippen LogP contribution in [-0.2, 0) is 0 Å². The smallest absolute Gasteiger partial charge is 0.271 e. The molecule has 0 saturated heterocycles. The number of ether oxygens (including phenoxy) is 1. The topological polar surface area (TPSA) is 85.5 Å². The summed E-state index contributed by atoms with van der Waals surface area (Å²) in [5.74, 6) is -0.735. The Morgan fingerprint density at radius 3 is 2.61 bits per heavy atom. The summed E-state index contributed by atoms with van der Waals surface area (Å²) in [6, 6.07) is 1.53.